The van der Waals surface area contributed by atoms with Crippen LogP contribution in [0.3, 0.4) is 0 Å². The van der Waals surface area contributed by atoms with Crippen molar-refractivity contribution in [1.29, 1.82) is 0 Å². The predicted molar refractivity (Wildman–Crippen MR) is 138 cm³/mol. The molecule has 3 fully saturated rings. The van der Waals surface area contributed by atoms with Gasteiger partial charge < -0.3 is 19.4 Å². The summed E-state index contributed by atoms with van der Waals surface area (Å²) in [5.41, 5.74) is 3.60. The highest BCUT2D eigenvalue weighted by Crippen LogP contribution is 2.38. The Morgan fingerprint density at radius 2 is 1.60 bits per heavy atom. The van der Waals surface area contributed by atoms with Crippen molar-refractivity contribution in [3.8, 4) is 5.75 Å². The monoisotopic (exact) mass is 475 g/mol. The van der Waals surface area contributed by atoms with Crippen molar-refractivity contribution in [3.63, 3.8) is 0 Å². The Morgan fingerprint density at radius 1 is 0.857 bits per heavy atom. The molecule has 6 heteroatoms. The van der Waals surface area contributed by atoms with Crippen LogP contribution in [0.1, 0.15) is 42.7 Å². The van der Waals surface area contributed by atoms with Gasteiger partial charge in [-0.2, -0.15) is 0 Å². The molecule has 2 heterocycles. The molecule has 1 aliphatic carbocycles. The van der Waals surface area contributed by atoms with Gasteiger partial charge in [-0.1, -0.05) is 43.2 Å². The number of ether oxygens (including phenoxy) is 1. The highest BCUT2D eigenvalue weighted by molar-refractivity contribution is 5.84. The lowest BCUT2D eigenvalue weighted by Crippen LogP contribution is -2.51. The van der Waals surface area contributed by atoms with Crippen molar-refractivity contribution in [2.24, 2.45) is 11.8 Å². The highest BCUT2D eigenvalue weighted by Gasteiger charge is 2.44. The molecule has 35 heavy (non-hydrogen) atoms. The summed E-state index contributed by atoms with van der Waals surface area (Å²) in [4.78, 5) is 33.6. The SMILES string of the molecule is COc1cccc([C@@H]2CN(C(=O)C3CCCC3)C[C@@H]2C(=O)N2CCN(c3ccccc3C)CC2)c1. The van der Waals surface area contributed by atoms with Crippen molar-refractivity contribution >= 4 is 17.5 Å². The van der Waals surface area contributed by atoms with E-state index >= 15 is 0 Å². The lowest BCUT2D eigenvalue weighted by molar-refractivity contribution is -0.137. The largest absolute Gasteiger partial charge is 0.497 e. The third-order valence-electron chi connectivity index (χ3n) is 8.22. The molecular formula is C29H37N3O3. The van der Waals surface area contributed by atoms with Crippen molar-refractivity contribution in [2.75, 3.05) is 51.3 Å². The molecule has 2 aromatic carbocycles. The number of rotatable bonds is 5. The van der Waals surface area contributed by atoms with Crippen LogP contribution in [0.15, 0.2) is 48.5 Å². The van der Waals surface area contributed by atoms with E-state index in [4.69, 9.17) is 4.74 Å². The Balaban J connectivity index is 1.32. The van der Waals surface area contributed by atoms with Gasteiger partial charge in [0.1, 0.15) is 5.75 Å². The van der Waals surface area contributed by atoms with Crippen LogP contribution in [0.2, 0.25) is 0 Å². The summed E-state index contributed by atoms with van der Waals surface area (Å²) >= 11 is 0. The Morgan fingerprint density at radius 3 is 2.31 bits per heavy atom. The normalized spacial score (nSPS) is 23.1. The average molecular weight is 476 g/mol. The van der Waals surface area contributed by atoms with E-state index in [1.807, 2.05) is 28.0 Å². The minimum absolute atomic E-state index is 0.00245. The topological polar surface area (TPSA) is 53.1 Å². The molecule has 0 bridgehead atoms. The van der Waals surface area contributed by atoms with E-state index in [-0.39, 0.29) is 29.6 Å². The first-order valence-electron chi connectivity index (χ1n) is 13.1. The number of carbonyl (C=O) groups is 2. The van der Waals surface area contributed by atoms with Crippen LogP contribution in [-0.4, -0.2) is 68.0 Å². The van der Waals surface area contributed by atoms with Gasteiger partial charge in [-0.05, 0) is 49.1 Å². The maximum atomic E-state index is 13.9. The summed E-state index contributed by atoms with van der Waals surface area (Å²) in [5, 5.41) is 0. The molecule has 0 spiro atoms. The molecule has 3 aliphatic rings. The van der Waals surface area contributed by atoms with Crippen molar-refractivity contribution in [2.45, 2.75) is 38.5 Å². The van der Waals surface area contributed by atoms with Gasteiger partial charge >= 0.3 is 0 Å². The fraction of sp³-hybridized carbons (Fsp3) is 0.517. The van der Waals surface area contributed by atoms with E-state index in [2.05, 4.69) is 42.2 Å². The number of piperazine rings is 1. The number of methoxy groups -OCH3 is 1. The number of benzene rings is 2. The average Bonchev–Trinajstić information content (AvgIpc) is 3.59. The fourth-order valence-corrected chi connectivity index (χ4v) is 6.20. The van der Waals surface area contributed by atoms with Crippen LogP contribution in [0, 0.1) is 18.8 Å². The van der Waals surface area contributed by atoms with Crippen molar-refractivity contribution in [3.05, 3.63) is 59.7 Å². The molecule has 0 aromatic heterocycles. The summed E-state index contributed by atoms with van der Waals surface area (Å²) in [7, 11) is 1.67. The first-order valence-corrected chi connectivity index (χ1v) is 13.1. The summed E-state index contributed by atoms with van der Waals surface area (Å²) in [6.07, 6.45) is 4.24. The van der Waals surface area contributed by atoms with Gasteiger partial charge in [0.05, 0.1) is 13.0 Å². The predicted octanol–water partition coefficient (Wildman–Crippen LogP) is 4.08. The number of amides is 2. The standard InChI is InChI=1S/C29H37N3O3/c1-21-8-3-6-13-27(21)30-14-16-31(17-15-30)29(34)26-20-32(28(33)22-9-4-5-10-22)19-25(26)23-11-7-12-24(18-23)35-2/h3,6-8,11-13,18,22,25-26H,4-5,9-10,14-17,19-20H2,1-2H3/t25-,26-/m0/s1. The van der Waals surface area contributed by atoms with E-state index in [9.17, 15) is 9.59 Å². The first kappa shape index (κ1) is 23.7. The number of hydrogen-bond acceptors (Lipinski definition) is 4. The molecule has 2 amide bonds. The van der Waals surface area contributed by atoms with Crippen LogP contribution in [0.5, 0.6) is 5.75 Å². The van der Waals surface area contributed by atoms with Crippen LogP contribution < -0.4 is 9.64 Å². The van der Waals surface area contributed by atoms with Crippen LogP contribution in [0.25, 0.3) is 0 Å². The van der Waals surface area contributed by atoms with E-state index in [1.54, 1.807) is 7.11 Å². The number of nitrogens with zero attached hydrogens (tertiary/aromatic N) is 3. The number of para-hydroxylation sites is 1. The zero-order chi connectivity index (χ0) is 24.4. The summed E-state index contributed by atoms with van der Waals surface area (Å²) < 4.78 is 5.46. The van der Waals surface area contributed by atoms with Gasteiger partial charge in [0, 0.05) is 56.8 Å². The molecule has 2 saturated heterocycles. The molecule has 186 valence electrons. The first-order chi connectivity index (χ1) is 17.0. The molecule has 1 saturated carbocycles. The van der Waals surface area contributed by atoms with Gasteiger partial charge in [-0.15, -0.1) is 0 Å². The van der Waals surface area contributed by atoms with Gasteiger partial charge in [0.25, 0.3) is 0 Å². The summed E-state index contributed by atoms with van der Waals surface area (Å²) in [6, 6.07) is 16.5. The van der Waals surface area contributed by atoms with Crippen molar-refractivity contribution in [1.82, 2.24) is 9.80 Å². The quantitative estimate of drug-likeness (QED) is 0.654. The molecular weight excluding hydrogens is 438 g/mol. The zero-order valence-electron chi connectivity index (χ0n) is 21.0. The molecule has 6 nitrogen and oxygen atoms in total. The number of anilines is 1. The van der Waals surface area contributed by atoms with Crippen LogP contribution in [0.4, 0.5) is 5.69 Å². The molecule has 2 atom stereocenters. The van der Waals surface area contributed by atoms with Crippen molar-refractivity contribution < 1.29 is 14.3 Å². The molecule has 2 aliphatic heterocycles. The van der Waals surface area contributed by atoms with Gasteiger partial charge in [0.2, 0.25) is 11.8 Å². The van der Waals surface area contributed by atoms with E-state index in [0.29, 0.717) is 26.2 Å². The Bertz CT molecular complexity index is 1060. The lowest BCUT2D eigenvalue weighted by atomic mass is 9.87. The minimum atomic E-state index is -0.211. The second-order valence-corrected chi connectivity index (χ2v) is 10.3. The maximum Gasteiger partial charge on any atom is 0.228 e. The fourth-order valence-electron chi connectivity index (χ4n) is 6.20. The molecule has 0 radical (unpaired) electrons. The number of carbonyl (C=O) groups excluding carboxylic acids is 2. The lowest BCUT2D eigenvalue weighted by Gasteiger charge is -2.38. The van der Waals surface area contributed by atoms with E-state index in [1.165, 1.54) is 11.3 Å². The Kier molecular flexibility index (Phi) is 6.98. The molecule has 0 N–H and O–H groups in total. The summed E-state index contributed by atoms with van der Waals surface area (Å²) in [5.74, 6) is 1.14. The second-order valence-electron chi connectivity index (χ2n) is 10.3. The molecule has 0 unspecified atom stereocenters. The molecule has 2 aromatic rings. The number of aryl methyl sites for hydroxylation is 1. The van der Waals surface area contributed by atoms with E-state index in [0.717, 1.165) is 50.1 Å². The maximum absolute atomic E-state index is 13.9. The minimum Gasteiger partial charge on any atom is -0.497 e. The Labute approximate surface area is 208 Å². The second kappa shape index (κ2) is 10.3. The van der Waals surface area contributed by atoms with Crippen LogP contribution >= 0.6 is 0 Å². The highest BCUT2D eigenvalue weighted by atomic mass is 16.5. The van der Waals surface area contributed by atoms with E-state index < -0.39 is 0 Å². The van der Waals surface area contributed by atoms with Gasteiger partial charge in [-0.3, -0.25) is 9.59 Å². The smallest absolute Gasteiger partial charge is 0.228 e. The van der Waals surface area contributed by atoms with Gasteiger partial charge in [0.15, 0.2) is 0 Å². The molecule has 5 rings (SSSR count). The Hall–Kier alpha value is -3.02. The van der Waals surface area contributed by atoms with Gasteiger partial charge in [-0.25, -0.2) is 0 Å². The zero-order valence-corrected chi connectivity index (χ0v) is 21.0. The summed E-state index contributed by atoms with van der Waals surface area (Å²) in [6.45, 7) is 6.36. The third-order valence-corrected chi connectivity index (χ3v) is 8.22. The third kappa shape index (κ3) is 4.89. The van der Waals surface area contributed by atoms with Crippen LogP contribution in [-0.2, 0) is 9.59 Å². The number of likely N-dealkylation sites (tertiary alicyclic amines) is 1. The number of hydrogen-bond donors (Lipinski definition) is 0.